The molecule has 1 unspecified atom stereocenters. The standard InChI is InChI=1S/C7H7NO2S.2C2H6/c8-11(10)7-3-1-2-6(4-7)5-9;2*1-2/h1-5H,8H2;2*1-2H3. The number of hydrogen-bond donors (Lipinski definition) is 1. The number of benzene rings is 1. The van der Waals surface area contributed by atoms with E-state index in [9.17, 15) is 9.00 Å². The summed E-state index contributed by atoms with van der Waals surface area (Å²) >= 11 is 0. The van der Waals surface area contributed by atoms with Gasteiger partial charge in [0.25, 0.3) is 0 Å². The zero-order chi connectivity index (χ0) is 12.3. The maximum absolute atomic E-state index is 10.7. The van der Waals surface area contributed by atoms with Gasteiger partial charge in [0.15, 0.2) is 0 Å². The molecular formula is C11H19NO2S. The average Bonchev–Trinajstić information content (AvgIpc) is 2.34. The molecule has 0 aliphatic carbocycles. The molecule has 86 valence electrons. The number of hydrogen-bond acceptors (Lipinski definition) is 2. The number of nitrogens with two attached hydrogens (primary N) is 1. The van der Waals surface area contributed by atoms with Crippen molar-refractivity contribution in [2.75, 3.05) is 0 Å². The highest BCUT2D eigenvalue weighted by Crippen LogP contribution is 2.04. The second-order valence-electron chi connectivity index (χ2n) is 1.99. The first-order chi connectivity index (χ1) is 7.24. The molecule has 1 aromatic carbocycles. The van der Waals surface area contributed by atoms with Crippen LogP contribution in [0.25, 0.3) is 0 Å². The molecule has 0 heterocycles. The lowest BCUT2D eigenvalue weighted by Crippen LogP contribution is -2.02. The SMILES string of the molecule is CC.CC.NS(=O)c1cccc(C=O)c1. The van der Waals surface area contributed by atoms with Crippen LogP contribution in [0.15, 0.2) is 29.2 Å². The summed E-state index contributed by atoms with van der Waals surface area (Å²) in [7, 11) is -1.50. The second kappa shape index (κ2) is 11.1. The summed E-state index contributed by atoms with van der Waals surface area (Å²) in [6, 6.07) is 6.39. The van der Waals surface area contributed by atoms with Gasteiger partial charge < -0.3 is 0 Å². The van der Waals surface area contributed by atoms with Crippen molar-refractivity contribution in [2.45, 2.75) is 32.6 Å². The maximum Gasteiger partial charge on any atom is 0.150 e. The molecule has 2 N–H and O–H groups in total. The number of aldehydes is 1. The minimum absolute atomic E-state index is 0.467. The minimum Gasteiger partial charge on any atom is -0.298 e. The third-order valence-electron chi connectivity index (χ3n) is 1.23. The van der Waals surface area contributed by atoms with Crippen molar-refractivity contribution < 1.29 is 9.00 Å². The van der Waals surface area contributed by atoms with Crippen LogP contribution in [0.5, 0.6) is 0 Å². The van der Waals surface area contributed by atoms with Crippen LogP contribution >= 0.6 is 0 Å². The van der Waals surface area contributed by atoms with E-state index < -0.39 is 11.0 Å². The molecule has 0 aliphatic rings. The van der Waals surface area contributed by atoms with Gasteiger partial charge in [0.1, 0.15) is 17.3 Å². The number of rotatable bonds is 2. The molecule has 0 aliphatic heterocycles. The van der Waals surface area contributed by atoms with Crippen molar-refractivity contribution in [3.8, 4) is 0 Å². The first-order valence-electron chi connectivity index (χ1n) is 4.95. The number of carbonyl (C=O) groups is 1. The van der Waals surface area contributed by atoms with Crippen LogP contribution in [0.3, 0.4) is 0 Å². The summed E-state index contributed by atoms with van der Waals surface area (Å²) in [4.78, 5) is 10.7. The van der Waals surface area contributed by atoms with Gasteiger partial charge in [-0.15, -0.1) is 0 Å². The van der Waals surface area contributed by atoms with Crippen molar-refractivity contribution >= 4 is 17.3 Å². The Labute approximate surface area is 94.3 Å². The van der Waals surface area contributed by atoms with E-state index in [2.05, 4.69) is 0 Å². The zero-order valence-corrected chi connectivity index (χ0v) is 10.5. The van der Waals surface area contributed by atoms with Gasteiger partial charge in [-0.3, -0.25) is 4.79 Å². The predicted molar refractivity (Wildman–Crippen MR) is 65.1 cm³/mol. The van der Waals surface area contributed by atoms with Crippen molar-refractivity contribution in [3.63, 3.8) is 0 Å². The quantitative estimate of drug-likeness (QED) is 0.792. The lowest BCUT2D eigenvalue weighted by atomic mass is 10.2. The van der Waals surface area contributed by atoms with Gasteiger partial charge in [0, 0.05) is 5.56 Å². The Balaban J connectivity index is 0. The van der Waals surface area contributed by atoms with Gasteiger partial charge in [0.2, 0.25) is 0 Å². The first-order valence-corrected chi connectivity index (χ1v) is 6.17. The van der Waals surface area contributed by atoms with Gasteiger partial charge in [-0.25, -0.2) is 9.35 Å². The second-order valence-corrected chi connectivity index (χ2v) is 3.05. The molecule has 4 heteroatoms. The van der Waals surface area contributed by atoms with Gasteiger partial charge in [-0.1, -0.05) is 39.8 Å². The minimum atomic E-state index is -1.50. The highest BCUT2D eigenvalue weighted by molar-refractivity contribution is 7.82. The molecule has 0 amide bonds. The van der Waals surface area contributed by atoms with E-state index in [1.165, 1.54) is 6.07 Å². The molecule has 0 aromatic heterocycles. The van der Waals surface area contributed by atoms with Gasteiger partial charge in [0.05, 0.1) is 4.90 Å². The Kier molecular flexibility index (Phi) is 12.1. The van der Waals surface area contributed by atoms with E-state index >= 15 is 0 Å². The monoisotopic (exact) mass is 229 g/mol. The van der Waals surface area contributed by atoms with Crippen LogP contribution in [0.4, 0.5) is 0 Å². The van der Waals surface area contributed by atoms with Crippen LogP contribution in [-0.4, -0.2) is 10.5 Å². The third kappa shape index (κ3) is 6.99. The van der Waals surface area contributed by atoms with E-state index in [1.807, 2.05) is 27.7 Å². The molecule has 15 heavy (non-hydrogen) atoms. The fourth-order valence-electron chi connectivity index (χ4n) is 0.713. The molecule has 0 bridgehead atoms. The molecule has 1 rings (SSSR count). The Morgan fingerprint density at radius 2 is 1.73 bits per heavy atom. The van der Waals surface area contributed by atoms with Crippen LogP contribution in [0.2, 0.25) is 0 Å². The van der Waals surface area contributed by atoms with Gasteiger partial charge in [-0.2, -0.15) is 0 Å². The smallest absolute Gasteiger partial charge is 0.150 e. The molecule has 0 radical (unpaired) electrons. The fourth-order valence-corrected chi connectivity index (χ4v) is 1.18. The van der Waals surface area contributed by atoms with E-state index in [4.69, 9.17) is 5.14 Å². The van der Waals surface area contributed by atoms with Crippen LogP contribution < -0.4 is 5.14 Å². The van der Waals surface area contributed by atoms with E-state index in [-0.39, 0.29) is 0 Å². The van der Waals surface area contributed by atoms with Crippen molar-refractivity contribution in [2.24, 2.45) is 5.14 Å². The summed E-state index contributed by atoms with van der Waals surface area (Å²) in [6.45, 7) is 8.00. The van der Waals surface area contributed by atoms with Gasteiger partial charge in [-0.05, 0) is 12.1 Å². The zero-order valence-electron chi connectivity index (χ0n) is 9.69. The highest BCUT2D eigenvalue weighted by atomic mass is 32.2. The normalized spacial score (nSPS) is 9.93. The molecule has 1 atom stereocenters. The highest BCUT2D eigenvalue weighted by Gasteiger charge is 1.97. The summed E-state index contributed by atoms with van der Waals surface area (Å²) in [5, 5.41) is 5.09. The third-order valence-corrected chi connectivity index (χ3v) is 1.95. The van der Waals surface area contributed by atoms with Crippen LogP contribution in [-0.2, 0) is 11.0 Å². The summed E-state index contributed by atoms with van der Waals surface area (Å²) in [6.07, 6.45) is 0.691. The topological polar surface area (TPSA) is 60.2 Å². The molecular weight excluding hydrogens is 210 g/mol. The Bertz CT molecular complexity index is 300. The van der Waals surface area contributed by atoms with Crippen LogP contribution in [0.1, 0.15) is 38.1 Å². The lowest BCUT2D eigenvalue weighted by Gasteiger charge is -1.94. The average molecular weight is 229 g/mol. The van der Waals surface area contributed by atoms with E-state index in [0.29, 0.717) is 16.7 Å². The summed E-state index contributed by atoms with van der Waals surface area (Å²) < 4.78 is 10.7. The molecule has 1 aromatic rings. The van der Waals surface area contributed by atoms with Crippen molar-refractivity contribution in [1.82, 2.24) is 0 Å². The Morgan fingerprint density at radius 3 is 2.13 bits per heavy atom. The van der Waals surface area contributed by atoms with Crippen molar-refractivity contribution in [1.29, 1.82) is 0 Å². The molecule has 0 saturated heterocycles. The molecule has 0 fully saturated rings. The van der Waals surface area contributed by atoms with Gasteiger partial charge >= 0.3 is 0 Å². The summed E-state index contributed by atoms with van der Waals surface area (Å²) in [5.41, 5.74) is 0.487. The molecule has 0 saturated carbocycles. The molecule has 0 spiro atoms. The Hall–Kier alpha value is -1.00. The fraction of sp³-hybridized carbons (Fsp3) is 0.364. The first kappa shape index (κ1) is 16.4. The summed E-state index contributed by atoms with van der Waals surface area (Å²) in [5.74, 6) is 0. The maximum atomic E-state index is 10.7. The van der Waals surface area contributed by atoms with Crippen molar-refractivity contribution in [3.05, 3.63) is 29.8 Å². The van der Waals surface area contributed by atoms with E-state index in [0.717, 1.165) is 0 Å². The Morgan fingerprint density at radius 1 is 1.20 bits per heavy atom. The largest absolute Gasteiger partial charge is 0.298 e. The number of carbonyl (C=O) groups excluding carboxylic acids is 1. The lowest BCUT2D eigenvalue weighted by molar-refractivity contribution is 0.112. The van der Waals surface area contributed by atoms with Crippen LogP contribution in [0, 0.1) is 0 Å². The van der Waals surface area contributed by atoms with E-state index in [1.54, 1.807) is 18.2 Å². The predicted octanol–water partition coefficient (Wildman–Crippen LogP) is 2.53. The molecule has 3 nitrogen and oxygen atoms in total.